The first-order chi connectivity index (χ1) is 10.9. The smallest absolute Gasteiger partial charge is 0.277 e. The zero-order chi connectivity index (χ0) is 16.4. The molecule has 0 aliphatic carbocycles. The third kappa shape index (κ3) is 3.64. The maximum atomic E-state index is 5.74. The molecule has 0 saturated carbocycles. The van der Waals surface area contributed by atoms with Gasteiger partial charge in [0.1, 0.15) is 5.82 Å². The highest BCUT2D eigenvalue weighted by atomic mass is 32.2. The molecule has 0 fully saturated rings. The summed E-state index contributed by atoms with van der Waals surface area (Å²) >= 11 is 1.49. The van der Waals surface area contributed by atoms with Crippen molar-refractivity contribution >= 4 is 11.8 Å². The summed E-state index contributed by atoms with van der Waals surface area (Å²) in [4.78, 5) is 4.28. The van der Waals surface area contributed by atoms with Gasteiger partial charge in [0.2, 0.25) is 5.89 Å². The third-order valence-electron chi connectivity index (χ3n) is 3.65. The van der Waals surface area contributed by atoms with E-state index in [1.807, 2.05) is 29.9 Å². The van der Waals surface area contributed by atoms with Crippen LogP contribution in [0.5, 0.6) is 0 Å². The van der Waals surface area contributed by atoms with Gasteiger partial charge in [0.15, 0.2) is 0 Å². The van der Waals surface area contributed by atoms with Crippen molar-refractivity contribution in [2.75, 3.05) is 0 Å². The maximum absolute atomic E-state index is 5.74. The van der Waals surface area contributed by atoms with E-state index in [9.17, 15) is 0 Å². The Morgan fingerprint density at radius 2 is 1.87 bits per heavy atom. The van der Waals surface area contributed by atoms with Crippen LogP contribution < -0.4 is 0 Å². The first-order valence-corrected chi connectivity index (χ1v) is 8.45. The number of benzene rings is 1. The molecule has 1 aromatic carbocycles. The minimum atomic E-state index is 0.135. The fraction of sp³-hybridized carbons (Fsp3) is 0.353. The highest BCUT2D eigenvalue weighted by Crippen LogP contribution is 2.28. The van der Waals surface area contributed by atoms with E-state index in [0.29, 0.717) is 16.9 Å². The molecule has 0 amide bonds. The van der Waals surface area contributed by atoms with Gasteiger partial charge in [-0.05, 0) is 23.1 Å². The maximum Gasteiger partial charge on any atom is 0.277 e. The minimum Gasteiger partial charge on any atom is -0.411 e. The van der Waals surface area contributed by atoms with Crippen molar-refractivity contribution in [3.8, 4) is 11.5 Å². The average molecular weight is 328 g/mol. The largest absolute Gasteiger partial charge is 0.411 e. The molecule has 0 N–H and O–H groups in total. The molecule has 23 heavy (non-hydrogen) atoms. The number of imidazole rings is 1. The molecule has 6 heteroatoms. The van der Waals surface area contributed by atoms with Crippen molar-refractivity contribution in [2.45, 2.75) is 37.2 Å². The van der Waals surface area contributed by atoms with E-state index in [4.69, 9.17) is 4.42 Å². The Bertz CT molecular complexity index is 784. The van der Waals surface area contributed by atoms with Crippen molar-refractivity contribution in [3.63, 3.8) is 0 Å². The van der Waals surface area contributed by atoms with Crippen LogP contribution >= 0.6 is 11.8 Å². The Kier molecular flexibility index (Phi) is 4.26. The van der Waals surface area contributed by atoms with Crippen molar-refractivity contribution in [3.05, 3.63) is 48.0 Å². The lowest BCUT2D eigenvalue weighted by molar-refractivity contribution is 0.465. The molecule has 120 valence electrons. The second-order valence-electron chi connectivity index (χ2n) is 6.44. The Hall–Kier alpha value is -2.08. The van der Waals surface area contributed by atoms with Gasteiger partial charge in [0.25, 0.3) is 5.22 Å². The fourth-order valence-electron chi connectivity index (χ4n) is 2.16. The van der Waals surface area contributed by atoms with Gasteiger partial charge in [0, 0.05) is 25.0 Å². The second kappa shape index (κ2) is 6.20. The van der Waals surface area contributed by atoms with Crippen LogP contribution in [0, 0.1) is 0 Å². The van der Waals surface area contributed by atoms with Crippen LogP contribution in [0.4, 0.5) is 0 Å². The van der Waals surface area contributed by atoms with Crippen LogP contribution in [0.2, 0.25) is 0 Å². The molecule has 0 unspecified atom stereocenters. The second-order valence-corrected chi connectivity index (χ2v) is 7.37. The van der Waals surface area contributed by atoms with Gasteiger partial charge < -0.3 is 8.98 Å². The zero-order valence-electron chi connectivity index (χ0n) is 13.8. The number of hydrogen-bond acceptors (Lipinski definition) is 5. The van der Waals surface area contributed by atoms with Crippen LogP contribution in [0.15, 0.2) is 46.3 Å². The van der Waals surface area contributed by atoms with Gasteiger partial charge in [-0.2, -0.15) is 0 Å². The Labute approximate surface area is 140 Å². The van der Waals surface area contributed by atoms with Gasteiger partial charge >= 0.3 is 0 Å². The lowest BCUT2D eigenvalue weighted by atomic mass is 9.87. The first kappa shape index (κ1) is 15.8. The molecule has 0 bridgehead atoms. The van der Waals surface area contributed by atoms with E-state index in [-0.39, 0.29) is 5.41 Å². The fourth-order valence-corrected chi connectivity index (χ4v) is 2.93. The molecular weight excluding hydrogens is 308 g/mol. The highest BCUT2D eigenvalue weighted by Gasteiger charge is 2.15. The summed E-state index contributed by atoms with van der Waals surface area (Å²) in [5, 5.41) is 8.80. The summed E-state index contributed by atoms with van der Waals surface area (Å²) in [7, 11) is 1.97. The van der Waals surface area contributed by atoms with Crippen molar-refractivity contribution in [1.82, 2.24) is 19.7 Å². The molecule has 5 nitrogen and oxygen atoms in total. The number of hydrogen-bond donors (Lipinski definition) is 0. The van der Waals surface area contributed by atoms with Gasteiger partial charge in [-0.25, -0.2) is 4.98 Å². The van der Waals surface area contributed by atoms with E-state index >= 15 is 0 Å². The summed E-state index contributed by atoms with van der Waals surface area (Å²) in [6.45, 7) is 6.59. The number of aryl methyl sites for hydroxylation is 1. The quantitative estimate of drug-likeness (QED) is 0.676. The van der Waals surface area contributed by atoms with Crippen LogP contribution in [0.1, 0.15) is 32.2 Å². The lowest BCUT2D eigenvalue weighted by Gasteiger charge is -2.18. The van der Waals surface area contributed by atoms with Gasteiger partial charge in [0.05, 0.1) is 5.75 Å². The third-order valence-corrected chi connectivity index (χ3v) is 4.46. The topological polar surface area (TPSA) is 56.7 Å². The van der Waals surface area contributed by atoms with Gasteiger partial charge in [-0.3, -0.25) is 0 Å². The van der Waals surface area contributed by atoms with Crippen LogP contribution in [-0.2, 0) is 18.2 Å². The normalized spacial score (nSPS) is 11.8. The Balaban J connectivity index is 1.70. The number of thioether (sulfide) groups is 1. The summed E-state index contributed by atoms with van der Waals surface area (Å²) in [6, 6.07) is 8.28. The summed E-state index contributed by atoms with van der Waals surface area (Å²) in [6.07, 6.45) is 3.71. The molecule has 2 aromatic heterocycles. The minimum absolute atomic E-state index is 0.135. The SMILES string of the molecule is Cn1ccnc1CSc1nnc(-c2ccc(C(C)(C)C)cc2)o1. The Morgan fingerprint density at radius 1 is 1.13 bits per heavy atom. The van der Waals surface area contributed by atoms with Crippen molar-refractivity contribution < 1.29 is 4.42 Å². The molecule has 0 atom stereocenters. The molecule has 0 spiro atoms. The summed E-state index contributed by atoms with van der Waals surface area (Å²) < 4.78 is 7.72. The number of rotatable bonds is 4. The molecule has 0 radical (unpaired) electrons. The molecule has 2 heterocycles. The predicted octanol–water partition coefficient (Wildman–Crippen LogP) is 4.06. The van der Waals surface area contributed by atoms with Crippen LogP contribution in [0.25, 0.3) is 11.5 Å². The van der Waals surface area contributed by atoms with E-state index in [2.05, 4.69) is 48.1 Å². The molecule has 3 rings (SSSR count). The molecular formula is C17H20N4OS. The zero-order valence-corrected chi connectivity index (χ0v) is 14.6. The standard InChI is InChI=1S/C17H20N4OS/c1-17(2,3)13-7-5-12(6-8-13)15-19-20-16(22-15)23-11-14-18-9-10-21(14)4/h5-10H,11H2,1-4H3. The average Bonchev–Trinajstić information content (AvgIpc) is 3.13. The summed E-state index contributed by atoms with van der Waals surface area (Å²) in [5.74, 6) is 2.23. The first-order valence-electron chi connectivity index (χ1n) is 7.47. The highest BCUT2D eigenvalue weighted by molar-refractivity contribution is 7.98. The van der Waals surface area contributed by atoms with Crippen LogP contribution in [-0.4, -0.2) is 19.7 Å². The number of nitrogens with zero attached hydrogens (tertiary/aromatic N) is 4. The van der Waals surface area contributed by atoms with E-state index in [0.717, 1.165) is 11.4 Å². The predicted molar refractivity (Wildman–Crippen MR) is 91.2 cm³/mol. The van der Waals surface area contributed by atoms with E-state index in [1.54, 1.807) is 6.20 Å². The monoisotopic (exact) mass is 328 g/mol. The molecule has 0 aliphatic heterocycles. The van der Waals surface area contributed by atoms with Crippen molar-refractivity contribution in [1.29, 1.82) is 0 Å². The lowest BCUT2D eigenvalue weighted by Crippen LogP contribution is -2.10. The molecule has 0 saturated heterocycles. The van der Waals surface area contributed by atoms with E-state index < -0.39 is 0 Å². The molecule has 3 aromatic rings. The molecule has 0 aliphatic rings. The van der Waals surface area contributed by atoms with Gasteiger partial charge in [-0.15, -0.1) is 10.2 Å². The Morgan fingerprint density at radius 3 is 2.48 bits per heavy atom. The van der Waals surface area contributed by atoms with E-state index in [1.165, 1.54) is 17.3 Å². The van der Waals surface area contributed by atoms with Crippen LogP contribution in [0.3, 0.4) is 0 Å². The number of aromatic nitrogens is 4. The summed E-state index contributed by atoms with van der Waals surface area (Å²) in [5.41, 5.74) is 2.36. The van der Waals surface area contributed by atoms with Gasteiger partial charge in [-0.1, -0.05) is 44.7 Å². The van der Waals surface area contributed by atoms with Crippen molar-refractivity contribution in [2.24, 2.45) is 7.05 Å².